The number of aliphatic hydroxyl groups excluding tert-OH is 1. The first-order valence-electron chi connectivity index (χ1n) is 9.51. The van der Waals surface area contributed by atoms with E-state index >= 15 is 0 Å². The highest BCUT2D eigenvalue weighted by Gasteiger charge is 2.47. The first-order valence-corrected chi connectivity index (χ1v) is 10.3. The van der Waals surface area contributed by atoms with Gasteiger partial charge in [0.05, 0.1) is 34.8 Å². The lowest BCUT2D eigenvalue weighted by atomic mass is 9.95. The summed E-state index contributed by atoms with van der Waals surface area (Å²) in [6, 6.07) is 15.7. The molecule has 2 aromatic carbocycles. The van der Waals surface area contributed by atoms with Crippen molar-refractivity contribution in [1.29, 1.82) is 5.26 Å². The van der Waals surface area contributed by atoms with Gasteiger partial charge in [0.15, 0.2) is 0 Å². The molecule has 0 radical (unpaired) electrons. The number of carbonyl (C=O) groups excluding carboxylic acids is 2. The van der Waals surface area contributed by atoms with E-state index in [4.69, 9.17) is 10.00 Å². The van der Waals surface area contributed by atoms with Crippen molar-refractivity contribution in [3.8, 4) is 11.8 Å². The van der Waals surface area contributed by atoms with Crippen LogP contribution in [-0.4, -0.2) is 28.9 Å². The SMILES string of the molecule is COc1ccc(/C(O)=C2/C(=O)C(=O)N(c3ccc(C#N)cc3)C2c2ccncc2)cc1Br. The predicted octanol–water partition coefficient (Wildman–Crippen LogP) is 4.35. The van der Waals surface area contributed by atoms with E-state index in [2.05, 4.69) is 20.9 Å². The van der Waals surface area contributed by atoms with Gasteiger partial charge in [0.2, 0.25) is 0 Å². The topological polar surface area (TPSA) is 104 Å². The number of carbonyl (C=O) groups is 2. The number of hydrogen-bond acceptors (Lipinski definition) is 6. The van der Waals surface area contributed by atoms with Crippen molar-refractivity contribution in [2.75, 3.05) is 12.0 Å². The van der Waals surface area contributed by atoms with Gasteiger partial charge in [0.25, 0.3) is 11.7 Å². The van der Waals surface area contributed by atoms with Gasteiger partial charge in [-0.1, -0.05) is 0 Å². The van der Waals surface area contributed by atoms with Gasteiger partial charge in [-0.3, -0.25) is 19.5 Å². The Labute approximate surface area is 192 Å². The molecule has 3 aromatic rings. The van der Waals surface area contributed by atoms with Crippen LogP contribution >= 0.6 is 15.9 Å². The molecule has 1 aliphatic heterocycles. The van der Waals surface area contributed by atoms with E-state index in [1.54, 1.807) is 67.0 Å². The molecule has 158 valence electrons. The molecule has 8 heteroatoms. The lowest BCUT2D eigenvalue weighted by molar-refractivity contribution is -0.132. The Morgan fingerprint density at radius 3 is 2.41 bits per heavy atom. The van der Waals surface area contributed by atoms with Crippen LogP contribution in [0.1, 0.15) is 22.7 Å². The third-order valence-electron chi connectivity index (χ3n) is 5.17. The van der Waals surface area contributed by atoms with E-state index < -0.39 is 17.7 Å². The van der Waals surface area contributed by atoms with Crippen molar-refractivity contribution in [1.82, 2.24) is 4.98 Å². The maximum atomic E-state index is 13.1. The fourth-order valence-corrected chi connectivity index (χ4v) is 4.17. The average molecular weight is 490 g/mol. The third kappa shape index (κ3) is 3.63. The summed E-state index contributed by atoms with van der Waals surface area (Å²) in [7, 11) is 1.52. The van der Waals surface area contributed by atoms with Crippen LogP contribution in [0.3, 0.4) is 0 Å². The van der Waals surface area contributed by atoms with E-state index in [0.29, 0.717) is 32.6 Å². The van der Waals surface area contributed by atoms with Crippen LogP contribution in [0.2, 0.25) is 0 Å². The molecule has 32 heavy (non-hydrogen) atoms. The summed E-state index contributed by atoms with van der Waals surface area (Å²) in [5, 5.41) is 20.2. The molecule has 1 saturated heterocycles. The maximum Gasteiger partial charge on any atom is 0.300 e. The highest BCUT2D eigenvalue weighted by Crippen LogP contribution is 2.42. The van der Waals surface area contributed by atoms with Crippen LogP contribution in [0, 0.1) is 11.3 Å². The van der Waals surface area contributed by atoms with Crippen LogP contribution in [0.15, 0.2) is 77.0 Å². The molecule has 0 bridgehead atoms. The molecule has 1 amide bonds. The van der Waals surface area contributed by atoms with Crippen molar-refractivity contribution in [2.45, 2.75) is 6.04 Å². The molecule has 7 nitrogen and oxygen atoms in total. The van der Waals surface area contributed by atoms with Crippen LogP contribution in [0.4, 0.5) is 5.69 Å². The second kappa shape index (κ2) is 8.65. The van der Waals surface area contributed by atoms with Gasteiger partial charge in [-0.05, 0) is 76.1 Å². The summed E-state index contributed by atoms with van der Waals surface area (Å²) in [4.78, 5) is 31.5. The predicted molar refractivity (Wildman–Crippen MR) is 121 cm³/mol. The summed E-state index contributed by atoms with van der Waals surface area (Å²) < 4.78 is 5.81. The minimum absolute atomic E-state index is 0.0392. The number of ether oxygens (including phenoxy) is 1. The molecule has 4 rings (SSSR count). The van der Waals surface area contributed by atoms with Gasteiger partial charge in [0.1, 0.15) is 11.5 Å². The number of rotatable bonds is 4. The fourth-order valence-electron chi connectivity index (χ4n) is 3.63. The lowest BCUT2D eigenvalue weighted by Crippen LogP contribution is -2.29. The molecule has 0 aliphatic carbocycles. The summed E-state index contributed by atoms with van der Waals surface area (Å²) in [6.07, 6.45) is 3.11. The molecular weight excluding hydrogens is 474 g/mol. The number of Topliss-reactive ketones (excluding diaryl/α,β-unsaturated/α-hetero) is 1. The van der Waals surface area contributed by atoms with Gasteiger partial charge in [-0.25, -0.2) is 0 Å². The van der Waals surface area contributed by atoms with Crippen molar-refractivity contribution >= 4 is 39.1 Å². The molecule has 1 aromatic heterocycles. The number of aliphatic hydroxyl groups is 1. The van der Waals surface area contributed by atoms with Crippen molar-refractivity contribution in [3.63, 3.8) is 0 Å². The minimum atomic E-state index is -0.869. The van der Waals surface area contributed by atoms with Crippen LogP contribution in [0.25, 0.3) is 5.76 Å². The second-order valence-corrected chi connectivity index (χ2v) is 7.81. The summed E-state index contributed by atoms with van der Waals surface area (Å²) >= 11 is 3.38. The zero-order valence-corrected chi connectivity index (χ0v) is 18.4. The molecule has 0 spiro atoms. The first-order chi connectivity index (χ1) is 15.5. The van der Waals surface area contributed by atoms with Crippen LogP contribution in [0.5, 0.6) is 5.75 Å². The number of benzene rings is 2. The molecule has 1 atom stereocenters. The summed E-state index contributed by atoms with van der Waals surface area (Å²) in [6.45, 7) is 0. The average Bonchev–Trinajstić information content (AvgIpc) is 3.09. The van der Waals surface area contributed by atoms with Crippen LogP contribution < -0.4 is 9.64 Å². The Morgan fingerprint density at radius 2 is 1.81 bits per heavy atom. The Morgan fingerprint density at radius 1 is 1.12 bits per heavy atom. The van der Waals surface area contributed by atoms with Gasteiger partial charge in [-0.2, -0.15) is 5.26 Å². The molecule has 2 heterocycles. The highest BCUT2D eigenvalue weighted by atomic mass is 79.9. The van der Waals surface area contributed by atoms with Crippen molar-refractivity contribution < 1.29 is 19.4 Å². The minimum Gasteiger partial charge on any atom is -0.507 e. The number of aromatic nitrogens is 1. The number of ketones is 1. The highest BCUT2D eigenvalue weighted by molar-refractivity contribution is 9.10. The standard InChI is InChI=1S/C24H16BrN3O4/c1-32-19-7-4-16(12-18(19)25)22(29)20-21(15-8-10-27-11-9-15)28(24(31)23(20)30)17-5-2-14(13-26)3-6-17/h2-12,21,29H,1H3/b22-20-. The molecule has 1 aliphatic rings. The fraction of sp³-hybridized carbons (Fsp3) is 0.0833. The smallest absolute Gasteiger partial charge is 0.300 e. The number of nitriles is 1. The van der Waals surface area contributed by atoms with E-state index in [1.807, 2.05) is 6.07 Å². The number of pyridine rings is 1. The molecule has 1 N–H and O–H groups in total. The zero-order chi connectivity index (χ0) is 22.8. The first kappa shape index (κ1) is 21.3. The molecule has 1 fully saturated rings. The van der Waals surface area contributed by atoms with E-state index in [-0.39, 0.29) is 11.3 Å². The maximum absolute atomic E-state index is 13.1. The number of amides is 1. The largest absolute Gasteiger partial charge is 0.507 e. The van der Waals surface area contributed by atoms with Crippen LogP contribution in [-0.2, 0) is 9.59 Å². The zero-order valence-electron chi connectivity index (χ0n) is 16.8. The van der Waals surface area contributed by atoms with Crippen molar-refractivity contribution in [2.24, 2.45) is 0 Å². The number of anilines is 1. The number of halogens is 1. The van der Waals surface area contributed by atoms with Gasteiger partial charge in [-0.15, -0.1) is 0 Å². The summed E-state index contributed by atoms with van der Waals surface area (Å²) in [5.74, 6) is -1.32. The second-order valence-electron chi connectivity index (χ2n) is 6.96. The van der Waals surface area contributed by atoms with Gasteiger partial charge >= 0.3 is 0 Å². The lowest BCUT2D eigenvalue weighted by Gasteiger charge is -2.25. The number of methoxy groups -OCH3 is 1. The van der Waals surface area contributed by atoms with E-state index in [0.717, 1.165) is 0 Å². The number of hydrogen-bond donors (Lipinski definition) is 1. The number of nitrogens with zero attached hydrogens (tertiary/aromatic N) is 3. The third-order valence-corrected chi connectivity index (χ3v) is 5.79. The Kier molecular flexibility index (Phi) is 5.75. The molecule has 0 saturated carbocycles. The Balaban J connectivity index is 1.91. The Hall–Kier alpha value is -3.96. The Bertz CT molecular complexity index is 1280. The summed E-state index contributed by atoms with van der Waals surface area (Å²) in [5.41, 5.74) is 1.78. The normalized spacial score (nSPS) is 17.3. The molecular formula is C24H16BrN3O4. The van der Waals surface area contributed by atoms with Crippen molar-refractivity contribution in [3.05, 3.63) is 93.7 Å². The monoisotopic (exact) mass is 489 g/mol. The molecule has 1 unspecified atom stereocenters. The van der Waals surface area contributed by atoms with E-state index in [9.17, 15) is 14.7 Å². The van der Waals surface area contributed by atoms with E-state index in [1.165, 1.54) is 12.0 Å². The van der Waals surface area contributed by atoms with Gasteiger partial charge < -0.3 is 9.84 Å². The van der Waals surface area contributed by atoms with Gasteiger partial charge in [0, 0.05) is 23.6 Å². The quantitative estimate of drug-likeness (QED) is 0.331.